The van der Waals surface area contributed by atoms with Crippen LogP contribution in [0.1, 0.15) is 5.56 Å². The number of benzene rings is 4. The number of esters is 1. The van der Waals surface area contributed by atoms with Gasteiger partial charge in [0.2, 0.25) is 0 Å². The molecule has 0 heterocycles. The molecule has 0 radical (unpaired) electrons. The van der Waals surface area contributed by atoms with Crippen LogP contribution in [-0.4, -0.2) is 18.4 Å². The number of nitrogens with one attached hydrogen (secondary N) is 1. The summed E-state index contributed by atoms with van der Waals surface area (Å²) in [6.45, 7) is 0. The van der Waals surface area contributed by atoms with Crippen LogP contribution >= 0.6 is 34.5 Å². The molecule has 0 bridgehead atoms. The number of hydrogen-bond donors (Lipinski definition) is 2. The van der Waals surface area contributed by atoms with Gasteiger partial charge in [-0.3, -0.25) is 8.32 Å². The van der Waals surface area contributed by atoms with Crippen molar-refractivity contribution in [3.05, 3.63) is 125 Å². The monoisotopic (exact) mass is 728 g/mol. The fourth-order valence-electron chi connectivity index (χ4n) is 2.63. The van der Waals surface area contributed by atoms with Gasteiger partial charge >= 0.3 is 11.4 Å². The molecule has 4 rings (SSSR count). The normalized spacial score (nSPS) is 10.0. The largest absolute Gasteiger partial charge is 0.426 e. The molecule has 42 heavy (non-hydrogen) atoms. The van der Waals surface area contributed by atoms with Crippen molar-refractivity contribution in [2.45, 2.75) is 6.42 Å². The van der Waals surface area contributed by atoms with Gasteiger partial charge in [-0.05, 0) is 37.4 Å². The molecule has 0 aromatic heterocycles. The Balaban J connectivity index is 0.000000326. The van der Waals surface area contributed by atoms with Gasteiger partial charge in [-0.1, -0.05) is 36.4 Å². The predicted octanol–water partition coefficient (Wildman–Crippen LogP) is 7.92. The molecule has 224 valence electrons. The summed E-state index contributed by atoms with van der Waals surface area (Å²) in [5.74, 6) is -6.79. The fraction of sp³-hybridized carbons (Fsp3) is 0.0714. The van der Waals surface area contributed by atoms with E-state index in [0.717, 1.165) is 0 Å². The number of anilines is 1. The van der Waals surface area contributed by atoms with Crippen molar-refractivity contribution in [3.63, 3.8) is 0 Å². The lowest BCUT2D eigenvalue weighted by Gasteiger charge is -2.05. The molecule has 0 unspecified atom stereocenters. The summed E-state index contributed by atoms with van der Waals surface area (Å²) in [7, 11) is 1.65. The SMILES string of the molecule is Nc1cc(F)c(F)cc1F.O=C(Cc1cc(F)c(F)cc1F)Oc1ccccc1.O=C(Cl)Oc1ccccc1.[3H]N(C)I. The standard InChI is InChI=1S/C14H9F3O2.C7H5ClO2.C6H4F3N.CH4IN/c15-11-8-13(17)12(16)6-9(11)7-14(18)19-10-4-2-1-3-5-10;8-7(9)10-6-4-2-1-3-5-6;7-3-1-5(9)6(10)2-4(3)8;1-3-2/h1-6,8H,7H2;1-5H;1-2H,10H2;3H,1H3/i/hT. The Hall–Kier alpha value is -3.82. The number of carbonyl (C=O) groups is 2. The van der Waals surface area contributed by atoms with E-state index in [1.807, 2.05) is 28.9 Å². The zero-order valence-electron chi connectivity index (χ0n) is 22.5. The zero-order chi connectivity index (χ0) is 32.5. The first-order valence-corrected chi connectivity index (χ1v) is 12.6. The maximum atomic E-state index is 13.3. The third-order valence-corrected chi connectivity index (χ3v) is 4.46. The molecule has 0 fully saturated rings. The van der Waals surface area contributed by atoms with Crippen molar-refractivity contribution >= 4 is 51.6 Å². The summed E-state index contributed by atoms with van der Waals surface area (Å²) >= 11 is 6.79. The molecule has 0 aliphatic rings. The molecule has 0 aliphatic carbocycles. The highest BCUT2D eigenvalue weighted by atomic mass is 127. The molecule has 0 aliphatic heterocycles. The Morgan fingerprint density at radius 2 is 1.17 bits per heavy atom. The maximum absolute atomic E-state index is 13.3. The number of nitrogens with two attached hydrogens (primary N) is 1. The fourth-order valence-corrected chi connectivity index (χ4v) is 2.72. The van der Waals surface area contributed by atoms with Gasteiger partial charge in [0.15, 0.2) is 23.3 Å². The Kier molecular flexibility index (Phi) is 15.8. The third-order valence-electron chi connectivity index (χ3n) is 4.38. The number of halogens is 8. The summed E-state index contributed by atoms with van der Waals surface area (Å²) in [4.78, 5) is 21.7. The summed E-state index contributed by atoms with van der Waals surface area (Å²) in [6, 6.07) is 18.9. The minimum Gasteiger partial charge on any atom is -0.426 e. The van der Waals surface area contributed by atoms with Gasteiger partial charge in [-0.15, -0.1) is 0 Å². The highest BCUT2D eigenvalue weighted by molar-refractivity contribution is 14.1. The van der Waals surface area contributed by atoms with Crippen LogP contribution in [0.25, 0.3) is 0 Å². The minimum absolute atomic E-state index is 0.250. The number of nitrogen functional groups attached to an aromatic ring is 1. The lowest BCUT2D eigenvalue weighted by atomic mass is 10.1. The second kappa shape index (κ2) is 19.3. The van der Waals surface area contributed by atoms with Crippen LogP contribution < -0.4 is 18.7 Å². The average Bonchev–Trinajstić information content (AvgIpc) is 2.92. The third kappa shape index (κ3) is 14.2. The number of ether oxygens (including phenoxy) is 2. The summed E-state index contributed by atoms with van der Waals surface area (Å²) in [6.07, 6.45) is -0.474. The van der Waals surface area contributed by atoms with Gasteiger partial charge < -0.3 is 15.2 Å². The number of rotatable bonds is 4. The van der Waals surface area contributed by atoms with Crippen molar-refractivity contribution in [2.75, 3.05) is 12.8 Å². The summed E-state index contributed by atoms with van der Waals surface area (Å²) in [5, 5.41) is 0. The van der Waals surface area contributed by atoms with Crippen LogP contribution in [-0.2, 0) is 11.2 Å². The topological polar surface area (TPSA) is 90.7 Å². The van der Waals surface area contributed by atoms with Gasteiger partial charge in [0.25, 0.3) is 0 Å². The molecule has 4 aromatic carbocycles. The molecule has 0 amide bonds. The lowest BCUT2D eigenvalue weighted by Crippen LogP contribution is -2.12. The van der Waals surface area contributed by atoms with E-state index in [4.69, 9.17) is 23.5 Å². The number of para-hydroxylation sites is 2. The molecule has 0 saturated carbocycles. The highest BCUT2D eigenvalue weighted by Gasteiger charge is 2.14. The number of carbonyl (C=O) groups excluding carboxylic acids is 2. The first-order valence-electron chi connectivity index (χ1n) is 11.7. The second-order valence-electron chi connectivity index (χ2n) is 7.43. The maximum Gasteiger partial charge on any atom is 0.409 e. The molecule has 6 nitrogen and oxygen atoms in total. The van der Waals surface area contributed by atoms with Gasteiger partial charge in [0.1, 0.15) is 24.5 Å². The van der Waals surface area contributed by atoms with E-state index in [1.54, 1.807) is 61.6 Å². The first kappa shape index (κ1) is 34.4. The molecule has 4 aromatic rings. The zero-order valence-corrected chi connectivity index (χ0v) is 24.4. The van der Waals surface area contributed by atoms with E-state index in [2.05, 4.69) is 4.74 Å². The van der Waals surface area contributed by atoms with E-state index in [0.29, 0.717) is 35.8 Å². The molecule has 0 spiro atoms. The summed E-state index contributed by atoms with van der Waals surface area (Å²) in [5.41, 5.74) is 3.45. The Morgan fingerprint density at radius 3 is 1.62 bits per heavy atom. The smallest absolute Gasteiger partial charge is 0.409 e. The average molecular weight is 729 g/mol. The van der Waals surface area contributed by atoms with Crippen LogP contribution in [0.2, 0.25) is 1.41 Å². The Morgan fingerprint density at radius 1 is 0.762 bits per heavy atom. The van der Waals surface area contributed by atoms with Crippen molar-refractivity contribution in [3.8, 4) is 11.5 Å². The second-order valence-corrected chi connectivity index (χ2v) is 8.70. The van der Waals surface area contributed by atoms with E-state index in [9.17, 15) is 35.9 Å². The Labute approximate surface area is 257 Å². The predicted molar refractivity (Wildman–Crippen MR) is 154 cm³/mol. The van der Waals surface area contributed by atoms with Gasteiger partial charge in [-0.2, -0.15) is 0 Å². The Bertz CT molecular complexity index is 1420. The van der Waals surface area contributed by atoms with Crippen LogP contribution in [0.5, 0.6) is 11.5 Å². The molecule has 14 heteroatoms. The molecular formula is C28H22ClF6IN2O4. The minimum atomic E-state index is -1.29. The van der Waals surface area contributed by atoms with Crippen LogP contribution in [0.3, 0.4) is 0 Å². The van der Waals surface area contributed by atoms with E-state index < -0.39 is 52.7 Å². The van der Waals surface area contributed by atoms with Crippen LogP contribution in [0.15, 0.2) is 84.9 Å². The van der Waals surface area contributed by atoms with Crippen molar-refractivity contribution in [1.29, 1.82) is 0 Å². The van der Waals surface area contributed by atoms with Crippen LogP contribution in [0.4, 0.5) is 36.8 Å². The number of hydrogen-bond acceptors (Lipinski definition) is 6. The lowest BCUT2D eigenvalue weighted by molar-refractivity contribution is -0.133. The van der Waals surface area contributed by atoms with Crippen molar-refractivity contribution in [1.82, 2.24) is 3.52 Å². The molecule has 3 N–H and O–H groups in total. The van der Waals surface area contributed by atoms with E-state index in [-0.39, 0.29) is 11.3 Å². The van der Waals surface area contributed by atoms with Crippen LogP contribution in [0, 0.1) is 34.9 Å². The highest BCUT2D eigenvalue weighted by Crippen LogP contribution is 2.16. The molecule has 0 saturated heterocycles. The quantitative estimate of drug-likeness (QED) is 0.0325. The first-order chi connectivity index (χ1) is 20.2. The van der Waals surface area contributed by atoms with E-state index in [1.165, 1.54) is 3.52 Å². The van der Waals surface area contributed by atoms with Gasteiger partial charge in [0, 0.05) is 58.2 Å². The van der Waals surface area contributed by atoms with Crippen molar-refractivity contribution in [2.24, 2.45) is 0 Å². The molecule has 0 atom stereocenters. The van der Waals surface area contributed by atoms with Crippen molar-refractivity contribution < 1.29 is 46.8 Å². The van der Waals surface area contributed by atoms with E-state index >= 15 is 0 Å². The summed E-state index contributed by atoms with van der Waals surface area (Å²) < 4.78 is 92.5. The van der Waals surface area contributed by atoms with Gasteiger partial charge in [0.05, 0.1) is 12.1 Å². The van der Waals surface area contributed by atoms with Gasteiger partial charge in [-0.25, -0.2) is 31.1 Å². The molecular weight excluding hydrogens is 705 g/mol.